The molecule has 0 unspecified atom stereocenters. The minimum Gasteiger partial charge on any atom is -0.394 e. The number of aliphatic hydroxyl groups is 4. The van der Waals surface area contributed by atoms with Crippen molar-refractivity contribution in [3.63, 3.8) is 0 Å². The summed E-state index contributed by atoms with van der Waals surface area (Å²) in [6.07, 6.45) is 0.294. The quantitative estimate of drug-likeness (QED) is 0.366. The van der Waals surface area contributed by atoms with Crippen LogP contribution < -0.4 is 0 Å². The van der Waals surface area contributed by atoms with Crippen molar-refractivity contribution in [3.05, 3.63) is 35.8 Å². The summed E-state index contributed by atoms with van der Waals surface area (Å²) in [7, 11) is 0. The van der Waals surface area contributed by atoms with E-state index in [0.29, 0.717) is 25.9 Å². The number of ether oxygens (including phenoxy) is 1. The van der Waals surface area contributed by atoms with Crippen molar-refractivity contribution >= 4 is 17.7 Å². The van der Waals surface area contributed by atoms with E-state index in [9.17, 15) is 38.4 Å². The number of thioether (sulfide) groups is 1. The highest BCUT2D eigenvalue weighted by Gasteiger charge is 2.52. The number of amides is 1. The van der Waals surface area contributed by atoms with Crippen LogP contribution in [0.1, 0.15) is 38.1 Å². The van der Waals surface area contributed by atoms with E-state index in [2.05, 4.69) is 10.3 Å². The molecule has 208 valence electrons. The van der Waals surface area contributed by atoms with Gasteiger partial charge in [0.05, 0.1) is 18.4 Å². The van der Waals surface area contributed by atoms with E-state index in [1.807, 2.05) is 0 Å². The summed E-state index contributed by atoms with van der Waals surface area (Å²) in [6.45, 7) is 0.534. The van der Waals surface area contributed by atoms with Gasteiger partial charge < -0.3 is 30.1 Å². The molecule has 2 aromatic rings. The van der Waals surface area contributed by atoms with Gasteiger partial charge in [0, 0.05) is 18.7 Å². The maximum atomic E-state index is 13.7. The molecule has 3 fully saturated rings. The third-order valence-electron chi connectivity index (χ3n) is 7.56. The van der Waals surface area contributed by atoms with Gasteiger partial charge in [0.15, 0.2) is 17.5 Å². The summed E-state index contributed by atoms with van der Waals surface area (Å²) < 4.78 is 47.7. The van der Waals surface area contributed by atoms with Gasteiger partial charge in [0.25, 0.3) is 0 Å². The lowest BCUT2D eigenvalue weighted by Crippen LogP contribution is -2.58. The Bertz CT molecular complexity index is 1150. The highest BCUT2D eigenvalue weighted by Crippen LogP contribution is 2.44. The molecular formula is C24H29F3N4O6S. The summed E-state index contributed by atoms with van der Waals surface area (Å²) in [6, 6.07) is 0.257. The topological polar surface area (TPSA) is 141 Å². The fraction of sp³-hybridized carbons (Fsp3) is 0.625. The molecule has 0 bridgehead atoms. The molecule has 0 radical (unpaired) electrons. The van der Waals surface area contributed by atoms with Crippen molar-refractivity contribution in [2.24, 2.45) is 0 Å². The molecule has 3 heterocycles. The molecule has 3 aliphatic rings. The van der Waals surface area contributed by atoms with E-state index < -0.39 is 64.7 Å². The molecule has 1 aromatic heterocycles. The van der Waals surface area contributed by atoms with Gasteiger partial charge >= 0.3 is 0 Å². The molecule has 5 rings (SSSR count). The largest absolute Gasteiger partial charge is 0.394 e. The molecule has 1 amide bonds. The maximum absolute atomic E-state index is 13.7. The van der Waals surface area contributed by atoms with Gasteiger partial charge in [-0.05, 0) is 31.4 Å². The van der Waals surface area contributed by atoms with E-state index in [-0.39, 0.29) is 17.2 Å². The number of nitrogens with zero attached hydrogens (tertiary/aromatic N) is 4. The van der Waals surface area contributed by atoms with Crippen LogP contribution in [0.2, 0.25) is 0 Å². The summed E-state index contributed by atoms with van der Waals surface area (Å²) in [5.74, 6) is -4.72. The zero-order valence-corrected chi connectivity index (χ0v) is 21.1. The molecule has 2 aliphatic heterocycles. The van der Waals surface area contributed by atoms with E-state index >= 15 is 0 Å². The number of hydrogen-bond acceptors (Lipinski definition) is 9. The number of likely N-dealkylation sites (tertiary alicyclic amines) is 1. The van der Waals surface area contributed by atoms with Gasteiger partial charge in [-0.25, -0.2) is 17.9 Å². The van der Waals surface area contributed by atoms with E-state index in [1.54, 1.807) is 4.90 Å². The van der Waals surface area contributed by atoms with Gasteiger partial charge in [-0.1, -0.05) is 18.1 Å². The number of aromatic nitrogens is 3. The monoisotopic (exact) mass is 558 g/mol. The first kappa shape index (κ1) is 27.3. The summed E-state index contributed by atoms with van der Waals surface area (Å²) >= 11 is 0.946. The molecule has 1 aromatic carbocycles. The SMILES string of the molecule is O=C([C@@H](S[C@@H]1O[C@H](CO)[C@H](O)[C@H](n2cc(-c3cc(F)c(F)c(F)c3)nn2)[C@H]1O)C1(O)CCCC1)N1CCC1. The van der Waals surface area contributed by atoms with Crippen molar-refractivity contribution in [1.29, 1.82) is 0 Å². The lowest BCUT2D eigenvalue weighted by atomic mass is 9.95. The molecule has 0 spiro atoms. The van der Waals surface area contributed by atoms with Crippen LogP contribution in [-0.2, 0) is 9.53 Å². The second-order valence-electron chi connectivity index (χ2n) is 10.0. The van der Waals surface area contributed by atoms with Gasteiger partial charge in [-0.15, -0.1) is 16.9 Å². The fourth-order valence-corrected chi connectivity index (χ4v) is 6.80. The van der Waals surface area contributed by atoms with Crippen LogP contribution in [0.15, 0.2) is 18.3 Å². The highest BCUT2D eigenvalue weighted by molar-refractivity contribution is 8.01. The van der Waals surface area contributed by atoms with Crippen LogP contribution in [0.5, 0.6) is 0 Å². The average Bonchev–Trinajstić information content (AvgIpc) is 3.51. The predicted molar refractivity (Wildman–Crippen MR) is 128 cm³/mol. The molecule has 4 N–H and O–H groups in total. The van der Waals surface area contributed by atoms with Crippen LogP contribution >= 0.6 is 11.8 Å². The van der Waals surface area contributed by atoms with Crippen molar-refractivity contribution in [1.82, 2.24) is 19.9 Å². The van der Waals surface area contributed by atoms with Crippen LogP contribution in [-0.4, -0.2) is 101 Å². The number of hydrogen-bond donors (Lipinski definition) is 4. The normalized spacial score (nSPS) is 29.8. The second-order valence-corrected chi connectivity index (χ2v) is 11.2. The third kappa shape index (κ3) is 4.93. The maximum Gasteiger partial charge on any atom is 0.238 e. The van der Waals surface area contributed by atoms with Gasteiger partial charge in [0.2, 0.25) is 5.91 Å². The molecular weight excluding hydrogens is 529 g/mol. The summed E-state index contributed by atoms with van der Waals surface area (Å²) in [5, 5.41) is 50.2. The first-order valence-corrected chi connectivity index (χ1v) is 13.4. The smallest absolute Gasteiger partial charge is 0.238 e. The van der Waals surface area contributed by atoms with Crippen molar-refractivity contribution in [2.75, 3.05) is 19.7 Å². The van der Waals surface area contributed by atoms with E-state index in [0.717, 1.165) is 47.8 Å². The molecule has 38 heavy (non-hydrogen) atoms. The highest BCUT2D eigenvalue weighted by atomic mass is 32.2. The minimum absolute atomic E-state index is 0.0513. The number of carbonyl (C=O) groups excluding carboxylic acids is 1. The first-order chi connectivity index (χ1) is 18.1. The zero-order valence-electron chi connectivity index (χ0n) is 20.3. The molecule has 2 saturated heterocycles. The lowest BCUT2D eigenvalue weighted by molar-refractivity contribution is -0.179. The Hall–Kier alpha value is -2.23. The van der Waals surface area contributed by atoms with Crippen LogP contribution in [0.4, 0.5) is 13.2 Å². The average molecular weight is 559 g/mol. The number of halogens is 3. The van der Waals surface area contributed by atoms with Crippen LogP contribution in [0.3, 0.4) is 0 Å². The minimum atomic E-state index is -1.63. The van der Waals surface area contributed by atoms with E-state index in [1.165, 1.54) is 6.20 Å². The Kier molecular flexibility index (Phi) is 7.73. The number of aliphatic hydroxyl groups excluding tert-OH is 3. The Morgan fingerprint density at radius 2 is 1.79 bits per heavy atom. The van der Waals surface area contributed by atoms with Gasteiger partial charge in [0.1, 0.15) is 40.7 Å². The fourth-order valence-electron chi connectivity index (χ4n) is 5.25. The molecule has 10 nitrogen and oxygen atoms in total. The molecule has 6 atom stereocenters. The molecule has 1 aliphatic carbocycles. The van der Waals surface area contributed by atoms with Crippen LogP contribution in [0, 0.1) is 17.5 Å². The first-order valence-electron chi connectivity index (χ1n) is 12.5. The zero-order chi connectivity index (χ0) is 27.2. The summed E-state index contributed by atoms with van der Waals surface area (Å²) in [4.78, 5) is 14.9. The van der Waals surface area contributed by atoms with Gasteiger partial charge in [-0.3, -0.25) is 4.79 Å². The lowest BCUT2D eigenvalue weighted by Gasteiger charge is -2.45. The Morgan fingerprint density at radius 1 is 1.13 bits per heavy atom. The van der Waals surface area contributed by atoms with Crippen LogP contribution in [0.25, 0.3) is 11.3 Å². The summed E-state index contributed by atoms with van der Waals surface area (Å²) in [5.41, 5.74) is -2.60. The Labute approximate surface area is 220 Å². The van der Waals surface area contributed by atoms with Crippen molar-refractivity contribution in [3.8, 4) is 11.3 Å². The number of rotatable bonds is 7. The number of carbonyl (C=O) groups is 1. The van der Waals surface area contributed by atoms with Gasteiger partial charge in [-0.2, -0.15) is 0 Å². The van der Waals surface area contributed by atoms with E-state index in [4.69, 9.17) is 4.74 Å². The Morgan fingerprint density at radius 3 is 2.37 bits per heavy atom. The Balaban J connectivity index is 1.43. The predicted octanol–water partition coefficient (Wildman–Crippen LogP) is 0.982. The third-order valence-corrected chi connectivity index (χ3v) is 9.13. The van der Waals surface area contributed by atoms with Crippen molar-refractivity contribution < 1.29 is 43.1 Å². The molecule has 14 heteroatoms. The molecule has 1 saturated carbocycles. The standard InChI is InChI=1S/C24H29F3N4O6S/c25-13-8-12(9-14(26)17(13)27)15-10-31(29-28-15)18-19(33)16(11-32)37-23(20(18)34)38-21(22(35)30-6-3-7-30)24(36)4-1-2-5-24/h8-10,16,18-21,23,32-34,36H,1-7,11H2/t16-,18+,19+,20-,21-,23+/m1/s1. The second kappa shape index (κ2) is 10.7. The number of benzene rings is 1. The van der Waals surface area contributed by atoms with Crippen molar-refractivity contribution in [2.45, 2.75) is 72.7 Å².